The number of fused-ring (bicyclic) bond motifs is 1. The Kier molecular flexibility index (Phi) is 4.16. The standard InChI is InChI=1S/C18H23N3O2S/c1-11-14(17(22)20-12-6-4-2-3-5-7-12)15-16(24-11)18(23)21(10-19-15)13-8-9-13/h10,12-13H,2-9H2,1H3,(H,20,22). The molecule has 24 heavy (non-hydrogen) atoms. The summed E-state index contributed by atoms with van der Waals surface area (Å²) >= 11 is 1.40. The van der Waals surface area contributed by atoms with Crippen LogP contribution in [0.3, 0.4) is 0 Å². The summed E-state index contributed by atoms with van der Waals surface area (Å²) < 4.78 is 2.35. The summed E-state index contributed by atoms with van der Waals surface area (Å²) in [5.74, 6) is -0.0679. The van der Waals surface area contributed by atoms with Crippen LogP contribution in [-0.2, 0) is 0 Å². The van der Waals surface area contributed by atoms with Gasteiger partial charge in [0.15, 0.2) is 0 Å². The molecule has 6 heteroatoms. The van der Waals surface area contributed by atoms with E-state index >= 15 is 0 Å². The van der Waals surface area contributed by atoms with Crippen LogP contribution in [0, 0.1) is 6.92 Å². The van der Waals surface area contributed by atoms with Gasteiger partial charge in [0.25, 0.3) is 11.5 Å². The minimum Gasteiger partial charge on any atom is -0.349 e. The molecular weight excluding hydrogens is 322 g/mol. The van der Waals surface area contributed by atoms with E-state index in [-0.39, 0.29) is 17.5 Å². The number of carbonyl (C=O) groups excluding carboxylic acids is 1. The van der Waals surface area contributed by atoms with Crippen LogP contribution < -0.4 is 10.9 Å². The van der Waals surface area contributed by atoms with E-state index in [0.717, 1.165) is 30.6 Å². The maximum absolute atomic E-state index is 12.8. The normalized spacial score (nSPS) is 19.4. The van der Waals surface area contributed by atoms with Gasteiger partial charge in [-0.15, -0.1) is 11.3 Å². The second-order valence-corrected chi connectivity index (χ2v) is 8.29. The fraction of sp³-hybridized carbons (Fsp3) is 0.611. The number of aromatic nitrogens is 2. The fourth-order valence-electron chi connectivity index (χ4n) is 3.65. The van der Waals surface area contributed by atoms with E-state index in [0.29, 0.717) is 21.8 Å². The number of amides is 1. The van der Waals surface area contributed by atoms with Crippen molar-refractivity contribution in [2.75, 3.05) is 0 Å². The van der Waals surface area contributed by atoms with Crippen molar-refractivity contribution in [2.24, 2.45) is 0 Å². The Labute approximate surface area is 145 Å². The Morgan fingerprint density at radius 3 is 2.58 bits per heavy atom. The predicted octanol–water partition coefficient (Wildman–Crippen LogP) is 3.55. The number of nitrogens with one attached hydrogen (secondary N) is 1. The summed E-state index contributed by atoms with van der Waals surface area (Å²) in [4.78, 5) is 30.8. The maximum Gasteiger partial charge on any atom is 0.271 e. The first-order chi connectivity index (χ1) is 11.6. The number of carbonyl (C=O) groups is 1. The third-order valence-electron chi connectivity index (χ3n) is 5.16. The van der Waals surface area contributed by atoms with Crippen molar-refractivity contribution >= 4 is 27.5 Å². The molecule has 0 bridgehead atoms. The van der Waals surface area contributed by atoms with Crippen molar-refractivity contribution in [3.8, 4) is 0 Å². The Hall–Kier alpha value is -1.69. The zero-order chi connectivity index (χ0) is 16.7. The van der Waals surface area contributed by atoms with E-state index in [1.165, 1.54) is 37.0 Å². The zero-order valence-electron chi connectivity index (χ0n) is 14.0. The summed E-state index contributed by atoms with van der Waals surface area (Å²) in [5, 5.41) is 3.18. The van der Waals surface area contributed by atoms with Crippen molar-refractivity contribution in [3.63, 3.8) is 0 Å². The number of rotatable bonds is 3. The highest BCUT2D eigenvalue weighted by molar-refractivity contribution is 7.19. The van der Waals surface area contributed by atoms with E-state index < -0.39 is 0 Å². The molecule has 2 aromatic rings. The molecule has 2 fully saturated rings. The lowest BCUT2D eigenvalue weighted by Gasteiger charge is -2.16. The molecule has 1 N–H and O–H groups in total. The zero-order valence-corrected chi connectivity index (χ0v) is 14.8. The lowest BCUT2D eigenvalue weighted by molar-refractivity contribution is 0.0934. The Morgan fingerprint density at radius 1 is 1.21 bits per heavy atom. The number of nitrogens with zero attached hydrogens (tertiary/aromatic N) is 2. The van der Waals surface area contributed by atoms with Crippen LogP contribution in [0.2, 0.25) is 0 Å². The van der Waals surface area contributed by atoms with Crippen LogP contribution in [0.4, 0.5) is 0 Å². The number of aryl methyl sites for hydroxylation is 1. The molecule has 0 unspecified atom stereocenters. The van der Waals surface area contributed by atoms with Crippen molar-refractivity contribution in [1.29, 1.82) is 0 Å². The summed E-state index contributed by atoms with van der Waals surface area (Å²) in [7, 11) is 0. The molecule has 2 aliphatic carbocycles. The molecule has 0 aliphatic heterocycles. The van der Waals surface area contributed by atoms with E-state index in [2.05, 4.69) is 10.3 Å². The van der Waals surface area contributed by atoms with Gasteiger partial charge in [-0.2, -0.15) is 0 Å². The molecule has 0 spiro atoms. The predicted molar refractivity (Wildman–Crippen MR) is 95.8 cm³/mol. The van der Waals surface area contributed by atoms with Gasteiger partial charge in [-0.1, -0.05) is 25.7 Å². The average molecular weight is 345 g/mol. The highest BCUT2D eigenvalue weighted by Crippen LogP contribution is 2.34. The van der Waals surface area contributed by atoms with Crippen LogP contribution in [0.5, 0.6) is 0 Å². The number of hydrogen-bond donors (Lipinski definition) is 1. The van der Waals surface area contributed by atoms with Gasteiger partial charge in [0.05, 0.1) is 11.9 Å². The molecule has 2 aliphatic rings. The first-order valence-corrected chi connectivity index (χ1v) is 9.78. The van der Waals surface area contributed by atoms with Crippen molar-refractivity contribution in [1.82, 2.24) is 14.9 Å². The van der Waals surface area contributed by atoms with Gasteiger partial charge in [-0.05, 0) is 32.6 Å². The number of hydrogen-bond acceptors (Lipinski definition) is 4. The maximum atomic E-state index is 12.8. The molecular formula is C18H23N3O2S. The van der Waals surface area contributed by atoms with Crippen LogP contribution in [-0.4, -0.2) is 21.5 Å². The van der Waals surface area contributed by atoms with E-state index in [1.54, 1.807) is 10.9 Å². The highest BCUT2D eigenvalue weighted by Gasteiger charge is 2.28. The minimum absolute atomic E-state index is 0.00381. The summed E-state index contributed by atoms with van der Waals surface area (Å²) in [6.07, 6.45) is 10.7. The van der Waals surface area contributed by atoms with Crippen molar-refractivity contribution < 1.29 is 4.79 Å². The van der Waals surface area contributed by atoms with Gasteiger partial charge in [0.2, 0.25) is 0 Å². The van der Waals surface area contributed by atoms with E-state index in [1.807, 2.05) is 6.92 Å². The van der Waals surface area contributed by atoms with Gasteiger partial charge in [-0.25, -0.2) is 4.98 Å². The topological polar surface area (TPSA) is 64.0 Å². The summed E-state index contributed by atoms with van der Waals surface area (Å²) in [6.45, 7) is 1.91. The molecule has 0 aromatic carbocycles. The lowest BCUT2D eigenvalue weighted by atomic mass is 10.1. The quantitative estimate of drug-likeness (QED) is 0.865. The SMILES string of the molecule is Cc1sc2c(=O)n(C3CC3)cnc2c1C(=O)NC1CCCCCC1. The highest BCUT2D eigenvalue weighted by atomic mass is 32.1. The Morgan fingerprint density at radius 2 is 1.92 bits per heavy atom. The molecule has 128 valence electrons. The van der Waals surface area contributed by atoms with Crippen LogP contribution in [0.15, 0.2) is 11.1 Å². The van der Waals surface area contributed by atoms with Gasteiger partial charge >= 0.3 is 0 Å². The second kappa shape index (κ2) is 6.31. The molecule has 4 rings (SSSR count). The summed E-state index contributed by atoms with van der Waals surface area (Å²) in [5.41, 5.74) is 1.17. The van der Waals surface area contributed by atoms with Gasteiger partial charge in [0.1, 0.15) is 10.2 Å². The first kappa shape index (κ1) is 15.8. The molecule has 2 aromatic heterocycles. The molecule has 0 radical (unpaired) electrons. The molecule has 5 nitrogen and oxygen atoms in total. The third-order valence-corrected chi connectivity index (χ3v) is 6.24. The number of thiophene rings is 1. The molecule has 0 atom stereocenters. The van der Waals surface area contributed by atoms with E-state index in [9.17, 15) is 9.59 Å². The fourth-order valence-corrected chi connectivity index (χ4v) is 4.69. The van der Waals surface area contributed by atoms with E-state index in [4.69, 9.17) is 0 Å². The average Bonchev–Trinajstić information content (AvgIpc) is 3.35. The monoisotopic (exact) mass is 345 g/mol. The first-order valence-electron chi connectivity index (χ1n) is 8.96. The summed E-state index contributed by atoms with van der Waals surface area (Å²) in [6, 6.07) is 0.557. The molecule has 2 saturated carbocycles. The van der Waals surface area contributed by atoms with Crippen LogP contribution >= 0.6 is 11.3 Å². The van der Waals surface area contributed by atoms with Crippen LogP contribution in [0.25, 0.3) is 10.2 Å². The smallest absolute Gasteiger partial charge is 0.271 e. The largest absolute Gasteiger partial charge is 0.349 e. The van der Waals surface area contributed by atoms with Gasteiger partial charge in [0, 0.05) is 17.0 Å². The molecule has 1 amide bonds. The Balaban J connectivity index is 1.65. The third kappa shape index (κ3) is 2.88. The van der Waals surface area contributed by atoms with Crippen molar-refractivity contribution in [2.45, 2.75) is 70.4 Å². The minimum atomic E-state index is -0.0679. The van der Waals surface area contributed by atoms with Crippen molar-refractivity contribution in [3.05, 3.63) is 27.1 Å². The van der Waals surface area contributed by atoms with Gasteiger partial charge in [-0.3, -0.25) is 14.2 Å². The Bertz CT molecular complexity index is 827. The van der Waals surface area contributed by atoms with Crippen LogP contribution in [0.1, 0.15) is 72.6 Å². The van der Waals surface area contributed by atoms with Gasteiger partial charge < -0.3 is 5.32 Å². The molecule has 2 heterocycles. The second-order valence-electron chi connectivity index (χ2n) is 7.06. The molecule has 0 saturated heterocycles. The lowest BCUT2D eigenvalue weighted by Crippen LogP contribution is -2.34.